The Balaban J connectivity index is 2.00. The third kappa shape index (κ3) is 3.11. The largest absolute Gasteiger partial charge is 0.349 e. The minimum Gasteiger partial charge on any atom is -0.349 e. The molecule has 0 spiro atoms. The number of nitrogens with zero attached hydrogens (tertiary/aromatic N) is 2. The zero-order chi connectivity index (χ0) is 16.9. The number of nitrogens with one attached hydrogen (secondary N) is 1. The molecule has 0 radical (unpaired) electrons. The molecular formula is C18H25N3OS. The van der Waals surface area contributed by atoms with E-state index in [-0.39, 0.29) is 17.4 Å². The van der Waals surface area contributed by atoms with Crippen LogP contribution in [0.2, 0.25) is 0 Å². The van der Waals surface area contributed by atoms with Crippen LogP contribution >= 0.6 is 11.3 Å². The van der Waals surface area contributed by atoms with Crippen molar-refractivity contribution in [2.24, 2.45) is 5.92 Å². The van der Waals surface area contributed by atoms with Crippen LogP contribution in [0.25, 0.3) is 10.2 Å². The van der Waals surface area contributed by atoms with Gasteiger partial charge in [0.25, 0.3) is 5.91 Å². The number of fused-ring (bicyclic) bond motifs is 1. The lowest BCUT2D eigenvalue weighted by Gasteiger charge is -2.16. The molecule has 0 aromatic carbocycles. The Bertz CT molecular complexity index is 769. The first-order valence-corrected chi connectivity index (χ1v) is 9.09. The van der Waals surface area contributed by atoms with Crippen molar-refractivity contribution < 1.29 is 4.79 Å². The highest BCUT2D eigenvalue weighted by molar-refractivity contribution is 7.20. The van der Waals surface area contributed by atoms with Gasteiger partial charge in [0.1, 0.15) is 10.7 Å². The van der Waals surface area contributed by atoms with Gasteiger partial charge < -0.3 is 5.32 Å². The first kappa shape index (κ1) is 16.4. The minimum atomic E-state index is -0.0975. The van der Waals surface area contributed by atoms with Crippen molar-refractivity contribution >= 4 is 27.5 Å². The molecule has 1 aliphatic carbocycles. The SMILES string of the molecule is Cc1nc(C(C)(C)C)nc2sc(C(=O)N[C@H](C)C3CC3)c(C)c12. The molecule has 1 fully saturated rings. The van der Waals surface area contributed by atoms with Gasteiger partial charge in [-0.1, -0.05) is 20.8 Å². The maximum Gasteiger partial charge on any atom is 0.261 e. The molecule has 2 aromatic rings. The molecule has 3 rings (SSSR count). The van der Waals surface area contributed by atoms with Crippen molar-refractivity contribution in [2.75, 3.05) is 0 Å². The van der Waals surface area contributed by atoms with Crippen molar-refractivity contribution in [3.8, 4) is 0 Å². The second kappa shape index (κ2) is 5.55. The topological polar surface area (TPSA) is 54.9 Å². The van der Waals surface area contributed by atoms with Gasteiger partial charge in [-0.2, -0.15) is 0 Å². The predicted octanol–water partition coefficient (Wildman–Crippen LogP) is 4.13. The first-order chi connectivity index (χ1) is 10.7. The van der Waals surface area contributed by atoms with Crippen molar-refractivity contribution in [2.45, 2.75) is 65.8 Å². The molecular weight excluding hydrogens is 306 g/mol. The number of aromatic nitrogens is 2. The molecule has 5 heteroatoms. The summed E-state index contributed by atoms with van der Waals surface area (Å²) in [6.07, 6.45) is 2.46. The highest BCUT2D eigenvalue weighted by Gasteiger charge is 2.30. The van der Waals surface area contributed by atoms with Crippen molar-refractivity contribution in [3.63, 3.8) is 0 Å². The standard InChI is InChI=1S/C18H25N3OS/c1-9-13-11(3)20-17(18(4,5)6)21-16(13)23-14(9)15(22)19-10(2)12-7-8-12/h10,12H,7-8H2,1-6H3,(H,19,22)/t10-/m1/s1. The monoisotopic (exact) mass is 331 g/mol. The summed E-state index contributed by atoms with van der Waals surface area (Å²) in [7, 11) is 0. The second-order valence-electron chi connectivity index (χ2n) is 7.72. The van der Waals surface area contributed by atoms with Crippen LogP contribution in [0.5, 0.6) is 0 Å². The van der Waals surface area contributed by atoms with Gasteiger partial charge in [-0.25, -0.2) is 9.97 Å². The van der Waals surface area contributed by atoms with Gasteiger partial charge in [-0.3, -0.25) is 4.79 Å². The van der Waals surface area contributed by atoms with Crippen LogP contribution in [0.4, 0.5) is 0 Å². The number of aryl methyl sites for hydroxylation is 2. The molecule has 0 bridgehead atoms. The molecule has 1 atom stereocenters. The Morgan fingerprint density at radius 1 is 1.26 bits per heavy atom. The van der Waals surface area contributed by atoms with Crippen LogP contribution in [0.3, 0.4) is 0 Å². The molecule has 23 heavy (non-hydrogen) atoms. The lowest BCUT2D eigenvalue weighted by atomic mass is 9.95. The van der Waals surface area contributed by atoms with Gasteiger partial charge in [-0.05, 0) is 45.1 Å². The smallest absolute Gasteiger partial charge is 0.261 e. The number of amides is 1. The average Bonchev–Trinajstić information content (AvgIpc) is 3.22. The van der Waals surface area contributed by atoms with E-state index in [1.165, 1.54) is 24.2 Å². The van der Waals surface area contributed by atoms with E-state index in [0.29, 0.717) is 5.92 Å². The summed E-state index contributed by atoms with van der Waals surface area (Å²) in [5, 5.41) is 4.18. The summed E-state index contributed by atoms with van der Waals surface area (Å²) in [5.41, 5.74) is 1.87. The van der Waals surface area contributed by atoms with Crippen LogP contribution in [0.1, 0.15) is 67.3 Å². The van der Waals surface area contributed by atoms with E-state index in [4.69, 9.17) is 4.98 Å². The lowest BCUT2D eigenvalue weighted by molar-refractivity contribution is 0.0939. The van der Waals surface area contributed by atoms with Gasteiger partial charge in [0.2, 0.25) is 0 Å². The fraction of sp³-hybridized carbons (Fsp3) is 0.611. The Labute approximate surface area is 141 Å². The van der Waals surface area contributed by atoms with E-state index in [1.807, 2.05) is 13.8 Å². The molecule has 1 amide bonds. The number of carbonyl (C=O) groups is 1. The van der Waals surface area contributed by atoms with E-state index >= 15 is 0 Å². The van der Waals surface area contributed by atoms with Gasteiger partial charge in [0.05, 0.1) is 10.6 Å². The third-order valence-corrected chi connectivity index (χ3v) is 5.72. The Morgan fingerprint density at radius 3 is 2.48 bits per heavy atom. The van der Waals surface area contributed by atoms with Crippen molar-refractivity contribution in [3.05, 3.63) is 22.0 Å². The molecule has 2 heterocycles. The van der Waals surface area contributed by atoms with Crippen LogP contribution in [-0.4, -0.2) is 21.9 Å². The fourth-order valence-electron chi connectivity index (χ4n) is 2.88. The Hall–Kier alpha value is -1.49. The Kier molecular flexibility index (Phi) is 3.95. The van der Waals surface area contributed by atoms with E-state index in [2.05, 4.69) is 38.0 Å². The average molecular weight is 331 g/mol. The van der Waals surface area contributed by atoms with Crippen molar-refractivity contribution in [1.29, 1.82) is 0 Å². The van der Waals surface area contributed by atoms with Crippen LogP contribution < -0.4 is 5.32 Å². The quantitative estimate of drug-likeness (QED) is 0.920. The molecule has 0 aliphatic heterocycles. The third-order valence-electron chi connectivity index (χ3n) is 4.54. The molecule has 2 aromatic heterocycles. The summed E-state index contributed by atoms with van der Waals surface area (Å²) in [5.74, 6) is 1.52. The van der Waals surface area contributed by atoms with Crippen LogP contribution in [0.15, 0.2) is 0 Å². The number of carbonyl (C=O) groups excluding carboxylic acids is 1. The summed E-state index contributed by atoms with van der Waals surface area (Å²) in [6.45, 7) is 12.4. The van der Waals surface area contributed by atoms with Crippen molar-refractivity contribution in [1.82, 2.24) is 15.3 Å². The zero-order valence-corrected chi connectivity index (χ0v) is 15.6. The molecule has 4 nitrogen and oxygen atoms in total. The normalized spacial score (nSPS) is 16.6. The molecule has 124 valence electrons. The minimum absolute atomic E-state index is 0.0293. The van der Waals surface area contributed by atoms with Gasteiger partial charge in [-0.15, -0.1) is 11.3 Å². The van der Waals surface area contributed by atoms with Gasteiger partial charge in [0.15, 0.2) is 0 Å². The fourth-order valence-corrected chi connectivity index (χ4v) is 4.01. The molecule has 0 saturated heterocycles. The highest BCUT2D eigenvalue weighted by atomic mass is 32.1. The predicted molar refractivity (Wildman–Crippen MR) is 95.2 cm³/mol. The molecule has 1 aliphatic rings. The molecule has 1 N–H and O–H groups in total. The van der Waals surface area contributed by atoms with E-state index in [0.717, 1.165) is 32.2 Å². The summed E-state index contributed by atoms with van der Waals surface area (Å²) in [6, 6.07) is 0.254. The summed E-state index contributed by atoms with van der Waals surface area (Å²) >= 11 is 1.49. The second-order valence-corrected chi connectivity index (χ2v) is 8.72. The first-order valence-electron chi connectivity index (χ1n) is 8.27. The number of hydrogen-bond acceptors (Lipinski definition) is 4. The van der Waals surface area contributed by atoms with Crippen LogP contribution in [-0.2, 0) is 5.41 Å². The highest BCUT2D eigenvalue weighted by Crippen LogP contribution is 2.35. The number of thiophene rings is 1. The van der Waals surface area contributed by atoms with Gasteiger partial charge >= 0.3 is 0 Å². The maximum atomic E-state index is 12.6. The zero-order valence-electron chi connectivity index (χ0n) is 14.8. The molecule has 1 saturated carbocycles. The Morgan fingerprint density at radius 2 is 1.91 bits per heavy atom. The van der Waals surface area contributed by atoms with E-state index < -0.39 is 0 Å². The maximum absolute atomic E-state index is 12.6. The van der Waals surface area contributed by atoms with Crippen LogP contribution in [0, 0.1) is 19.8 Å². The van der Waals surface area contributed by atoms with E-state index in [9.17, 15) is 4.79 Å². The summed E-state index contributed by atoms with van der Waals surface area (Å²) in [4.78, 5) is 23.7. The lowest BCUT2D eigenvalue weighted by Crippen LogP contribution is -2.33. The summed E-state index contributed by atoms with van der Waals surface area (Å²) < 4.78 is 0. The van der Waals surface area contributed by atoms with Gasteiger partial charge in [0, 0.05) is 16.8 Å². The number of hydrogen-bond donors (Lipinski definition) is 1. The van der Waals surface area contributed by atoms with E-state index in [1.54, 1.807) is 0 Å². The number of rotatable bonds is 3. The molecule has 0 unspecified atom stereocenters.